The lowest BCUT2D eigenvalue weighted by molar-refractivity contribution is -0.143. The zero-order valence-electron chi connectivity index (χ0n) is 10.3. The first-order valence-electron chi connectivity index (χ1n) is 6.20. The van der Waals surface area contributed by atoms with Gasteiger partial charge in [0.05, 0.1) is 13.2 Å². The van der Waals surface area contributed by atoms with Crippen LogP contribution in [0.5, 0.6) is 0 Å². The van der Waals surface area contributed by atoms with Crippen LogP contribution in [0.2, 0.25) is 0 Å². The smallest absolute Gasteiger partial charge is 0.322 e. The molecule has 2 unspecified atom stereocenters. The van der Waals surface area contributed by atoms with Crippen molar-refractivity contribution in [1.82, 2.24) is 5.32 Å². The van der Waals surface area contributed by atoms with E-state index in [2.05, 4.69) is 5.32 Å². The van der Waals surface area contributed by atoms with Crippen LogP contribution in [0.4, 0.5) is 0 Å². The van der Waals surface area contributed by atoms with Gasteiger partial charge in [-0.3, -0.25) is 4.79 Å². The molecule has 1 aliphatic rings. The fraction of sp³-hybridized carbons (Fsp3) is 0.917. The van der Waals surface area contributed by atoms with Crippen molar-refractivity contribution in [3.63, 3.8) is 0 Å². The minimum atomic E-state index is -0.174. The lowest BCUT2D eigenvalue weighted by Gasteiger charge is -2.23. The van der Waals surface area contributed by atoms with E-state index in [1.165, 1.54) is 20.0 Å². The molecule has 94 valence electrons. The van der Waals surface area contributed by atoms with Gasteiger partial charge in [0.2, 0.25) is 0 Å². The molecule has 1 N–H and O–H groups in total. The van der Waals surface area contributed by atoms with Gasteiger partial charge in [0.1, 0.15) is 6.04 Å². The standard InChI is InChI=1S/C12H23NO3/c1-3-11(12(14)15-2)13-8-7-10-6-4-5-9-16-10/h10-11,13H,3-9H2,1-2H3. The van der Waals surface area contributed by atoms with Crippen LogP contribution in [-0.2, 0) is 14.3 Å². The van der Waals surface area contributed by atoms with Crippen LogP contribution in [0.25, 0.3) is 0 Å². The van der Waals surface area contributed by atoms with E-state index in [1.807, 2.05) is 6.92 Å². The Labute approximate surface area is 97.7 Å². The number of methoxy groups -OCH3 is 1. The SMILES string of the molecule is CCC(NCCC1CCCCO1)C(=O)OC. The summed E-state index contributed by atoms with van der Waals surface area (Å²) in [5, 5.41) is 3.21. The molecular weight excluding hydrogens is 206 g/mol. The molecule has 0 aromatic rings. The predicted molar refractivity (Wildman–Crippen MR) is 62.3 cm³/mol. The molecule has 0 aromatic heterocycles. The van der Waals surface area contributed by atoms with Crippen molar-refractivity contribution in [3.05, 3.63) is 0 Å². The van der Waals surface area contributed by atoms with Crippen molar-refractivity contribution in [2.45, 2.75) is 51.2 Å². The molecule has 0 spiro atoms. The van der Waals surface area contributed by atoms with E-state index in [0.29, 0.717) is 6.10 Å². The second-order valence-electron chi connectivity index (χ2n) is 4.22. The van der Waals surface area contributed by atoms with Crippen molar-refractivity contribution in [1.29, 1.82) is 0 Å². The van der Waals surface area contributed by atoms with Crippen molar-refractivity contribution < 1.29 is 14.3 Å². The van der Waals surface area contributed by atoms with Gasteiger partial charge in [0.15, 0.2) is 0 Å². The second kappa shape index (κ2) is 7.63. The number of hydrogen-bond donors (Lipinski definition) is 1. The maximum absolute atomic E-state index is 11.3. The highest BCUT2D eigenvalue weighted by Gasteiger charge is 2.18. The lowest BCUT2D eigenvalue weighted by Crippen LogP contribution is -2.39. The normalized spacial score (nSPS) is 22.8. The van der Waals surface area contributed by atoms with Gasteiger partial charge >= 0.3 is 5.97 Å². The number of rotatable bonds is 6. The Hall–Kier alpha value is -0.610. The quantitative estimate of drug-likeness (QED) is 0.701. The number of nitrogens with one attached hydrogen (secondary N) is 1. The average molecular weight is 229 g/mol. The van der Waals surface area contributed by atoms with E-state index in [1.54, 1.807) is 0 Å². The summed E-state index contributed by atoms with van der Waals surface area (Å²) < 4.78 is 10.3. The summed E-state index contributed by atoms with van der Waals surface area (Å²) in [6.45, 7) is 3.68. The van der Waals surface area contributed by atoms with Gasteiger partial charge in [-0.15, -0.1) is 0 Å². The molecule has 1 saturated heterocycles. The van der Waals surface area contributed by atoms with Crippen LogP contribution in [0.1, 0.15) is 39.0 Å². The molecule has 1 fully saturated rings. The van der Waals surface area contributed by atoms with Crippen LogP contribution < -0.4 is 5.32 Å². The third kappa shape index (κ3) is 4.49. The number of esters is 1. The van der Waals surface area contributed by atoms with Gasteiger partial charge in [0, 0.05) is 6.61 Å². The van der Waals surface area contributed by atoms with E-state index < -0.39 is 0 Å². The van der Waals surface area contributed by atoms with Gasteiger partial charge in [0.25, 0.3) is 0 Å². The number of carbonyl (C=O) groups excluding carboxylic acids is 1. The molecule has 0 amide bonds. The van der Waals surface area contributed by atoms with Gasteiger partial charge < -0.3 is 14.8 Å². The molecule has 0 aromatic carbocycles. The third-order valence-electron chi connectivity index (χ3n) is 3.02. The predicted octanol–water partition coefficient (Wildman–Crippen LogP) is 1.49. The van der Waals surface area contributed by atoms with Crippen LogP contribution in [-0.4, -0.2) is 38.4 Å². The van der Waals surface area contributed by atoms with E-state index in [9.17, 15) is 4.79 Å². The molecule has 16 heavy (non-hydrogen) atoms. The minimum absolute atomic E-state index is 0.173. The molecule has 1 heterocycles. The largest absolute Gasteiger partial charge is 0.468 e. The van der Waals surface area contributed by atoms with E-state index in [4.69, 9.17) is 9.47 Å². The van der Waals surface area contributed by atoms with Crippen molar-refractivity contribution in [3.8, 4) is 0 Å². The number of ether oxygens (including phenoxy) is 2. The summed E-state index contributed by atoms with van der Waals surface area (Å²) in [6, 6.07) is -0.173. The fourth-order valence-electron chi connectivity index (χ4n) is 1.99. The summed E-state index contributed by atoms with van der Waals surface area (Å²) in [7, 11) is 1.43. The molecule has 0 aliphatic carbocycles. The summed E-state index contributed by atoms with van der Waals surface area (Å²) >= 11 is 0. The zero-order chi connectivity index (χ0) is 11.8. The zero-order valence-corrected chi connectivity index (χ0v) is 10.3. The highest BCUT2D eigenvalue weighted by Crippen LogP contribution is 2.14. The Morgan fingerprint density at radius 1 is 1.56 bits per heavy atom. The number of hydrogen-bond acceptors (Lipinski definition) is 4. The molecule has 0 saturated carbocycles. The van der Waals surface area contributed by atoms with Gasteiger partial charge in [-0.2, -0.15) is 0 Å². The first-order valence-corrected chi connectivity index (χ1v) is 6.20. The van der Waals surface area contributed by atoms with Crippen LogP contribution in [0.3, 0.4) is 0 Å². The Balaban J connectivity index is 2.14. The Morgan fingerprint density at radius 3 is 2.94 bits per heavy atom. The summed E-state index contributed by atoms with van der Waals surface area (Å²) in [4.78, 5) is 11.3. The van der Waals surface area contributed by atoms with Crippen LogP contribution in [0, 0.1) is 0 Å². The number of carbonyl (C=O) groups is 1. The molecule has 1 aliphatic heterocycles. The fourth-order valence-corrected chi connectivity index (χ4v) is 1.99. The van der Waals surface area contributed by atoms with E-state index >= 15 is 0 Å². The van der Waals surface area contributed by atoms with Crippen molar-refractivity contribution in [2.75, 3.05) is 20.3 Å². The minimum Gasteiger partial charge on any atom is -0.468 e. The first kappa shape index (κ1) is 13.5. The van der Waals surface area contributed by atoms with Gasteiger partial charge in [-0.25, -0.2) is 0 Å². The average Bonchev–Trinajstić information content (AvgIpc) is 2.35. The van der Waals surface area contributed by atoms with Crippen LogP contribution in [0.15, 0.2) is 0 Å². The highest BCUT2D eigenvalue weighted by atomic mass is 16.5. The Morgan fingerprint density at radius 2 is 2.38 bits per heavy atom. The van der Waals surface area contributed by atoms with Gasteiger partial charge in [-0.05, 0) is 38.6 Å². The Bertz CT molecular complexity index is 202. The topological polar surface area (TPSA) is 47.6 Å². The molecule has 0 bridgehead atoms. The first-order chi connectivity index (χ1) is 7.77. The summed E-state index contributed by atoms with van der Waals surface area (Å²) in [5.41, 5.74) is 0. The summed E-state index contributed by atoms with van der Waals surface area (Å²) in [6.07, 6.45) is 5.71. The molecular formula is C12H23NO3. The molecule has 4 heteroatoms. The molecule has 1 rings (SSSR count). The monoisotopic (exact) mass is 229 g/mol. The molecule has 0 radical (unpaired) electrons. The third-order valence-corrected chi connectivity index (χ3v) is 3.02. The van der Waals surface area contributed by atoms with Crippen LogP contribution >= 0.6 is 0 Å². The molecule has 4 nitrogen and oxygen atoms in total. The Kier molecular flexibility index (Phi) is 6.42. The van der Waals surface area contributed by atoms with Crippen molar-refractivity contribution in [2.24, 2.45) is 0 Å². The summed E-state index contributed by atoms with van der Waals surface area (Å²) in [5.74, 6) is -0.174. The van der Waals surface area contributed by atoms with Crippen molar-refractivity contribution >= 4 is 5.97 Å². The van der Waals surface area contributed by atoms with Gasteiger partial charge in [-0.1, -0.05) is 6.92 Å². The maximum atomic E-state index is 11.3. The molecule has 2 atom stereocenters. The van der Waals surface area contributed by atoms with E-state index in [0.717, 1.165) is 32.4 Å². The maximum Gasteiger partial charge on any atom is 0.322 e. The lowest BCUT2D eigenvalue weighted by atomic mass is 10.1. The highest BCUT2D eigenvalue weighted by molar-refractivity contribution is 5.75. The van der Waals surface area contributed by atoms with E-state index in [-0.39, 0.29) is 12.0 Å². The second-order valence-corrected chi connectivity index (χ2v) is 4.22.